The minimum Gasteiger partial charge on any atom is -0.487 e. The molecule has 0 spiro atoms. The number of hydrogen-bond acceptors (Lipinski definition) is 4. The highest BCUT2D eigenvalue weighted by atomic mass is 32.1. The summed E-state index contributed by atoms with van der Waals surface area (Å²) in [4.78, 5) is 22.6. The Morgan fingerprint density at radius 1 is 1.18 bits per heavy atom. The van der Waals surface area contributed by atoms with Gasteiger partial charge in [0.1, 0.15) is 12.4 Å². The third-order valence-corrected chi connectivity index (χ3v) is 7.06. The van der Waals surface area contributed by atoms with Crippen LogP contribution in [0, 0.1) is 6.92 Å². The fourth-order valence-corrected chi connectivity index (χ4v) is 5.08. The summed E-state index contributed by atoms with van der Waals surface area (Å²) in [5.74, 6) is 1.29. The van der Waals surface area contributed by atoms with Gasteiger partial charge in [0, 0.05) is 47.2 Å². The highest BCUT2D eigenvalue weighted by molar-refractivity contribution is 7.09. The lowest BCUT2D eigenvalue weighted by Gasteiger charge is -2.31. The number of carbonyl (C=O) groups excluding carboxylic acids is 1. The molecule has 168 valence electrons. The lowest BCUT2D eigenvalue weighted by Crippen LogP contribution is -2.36. The summed E-state index contributed by atoms with van der Waals surface area (Å²) in [6, 6.07) is 16.2. The van der Waals surface area contributed by atoms with Crippen LogP contribution >= 0.6 is 11.3 Å². The molecule has 0 radical (unpaired) electrons. The monoisotopic (exact) mass is 457 g/mol. The first kappa shape index (κ1) is 21.5. The van der Waals surface area contributed by atoms with Crippen molar-refractivity contribution in [1.82, 2.24) is 14.9 Å². The molecule has 0 bridgehead atoms. The van der Waals surface area contributed by atoms with Crippen LogP contribution in [-0.4, -0.2) is 33.9 Å². The van der Waals surface area contributed by atoms with Crippen molar-refractivity contribution in [3.8, 4) is 5.75 Å². The van der Waals surface area contributed by atoms with Gasteiger partial charge in [-0.1, -0.05) is 36.4 Å². The number of likely N-dealkylation sites (tertiary alicyclic amines) is 1. The Kier molecular flexibility index (Phi) is 6.26. The first-order valence-electron chi connectivity index (χ1n) is 11.3. The van der Waals surface area contributed by atoms with Gasteiger partial charge in [-0.2, -0.15) is 0 Å². The summed E-state index contributed by atoms with van der Waals surface area (Å²) < 4.78 is 5.97. The van der Waals surface area contributed by atoms with Crippen molar-refractivity contribution in [3.63, 3.8) is 0 Å². The molecule has 3 heterocycles. The van der Waals surface area contributed by atoms with Gasteiger partial charge < -0.3 is 14.6 Å². The average molecular weight is 458 g/mol. The van der Waals surface area contributed by atoms with Crippen LogP contribution in [0.4, 0.5) is 0 Å². The zero-order chi connectivity index (χ0) is 22.6. The number of nitrogens with zero attached hydrogens (tertiary/aromatic N) is 2. The number of amides is 1. The maximum atomic E-state index is 12.9. The van der Waals surface area contributed by atoms with E-state index in [-0.39, 0.29) is 5.91 Å². The SMILES string of the molecule is Cc1nc(COc2ccccc2/C=C/C(=O)N2CCC(c3c[nH]c4ccccc34)CC2)cs1. The summed E-state index contributed by atoms with van der Waals surface area (Å²) in [7, 11) is 0. The lowest BCUT2D eigenvalue weighted by atomic mass is 9.89. The van der Waals surface area contributed by atoms with Crippen LogP contribution < -0.4 is 4.74 Å². The molecule has 33 heavy (non-hydrogen) atoms. The number of aryl methyl sites for hydroxylation is 1. The van der Waals surface area contributed by atoms with E-state index in [4.69, 9.17) is 4.74 Å². The van der Waals surface area contributed by atoms with Crippen LogP contribution in [-0.2, 0) is 11.4 Å². The zero-order valence-electron chi connectivity index (χ0n) is 18.7. The molecule has 4 aromatic rings. The Labute approximate surface area is 197 Å². The maximum Gasteiger partial charge on any atom is 0.246 e. The summed E-state index contributed by atoms with van der Waals surface area (Å²) in [6.45, 7) is 3.95. The average Bonchev–Trinajstić information content (AvgIpc) is 3.48. The molecule has 0 saturated carbocycles. The van der Waals surface area contributed by atoms with E-state index in [9.17, 15) is 4.79 Å². The number of rotatable bonds is 6. The normalized spacial score (nSPS) is 14.9. The third kappa shape index (κ3) is 4.86. The minimum atomic E-state index is 0.0531. The Hall–Kier alpha value is -3.38. The number of hydrogen-bond donors (Lipinski definition) is 1. The van der Waals surface area contributed by atoms with E-state index in [1.165, 1.54) is 16.5 Å². The third-order valence-electron chi connectivity index (χ3n) is 6.23. The fraction of sp³-hybridized carbons (Fsp3) is 0.259. The van der Waals surface area contributed by atoms with Crippen LogP contribution in [0.25, 0.3) is 17.0 Å². The predicted molar refractivity (Wildman–Crippen MR) is 134 cm³/mol. The van der Waals surface area contributed by atoms with E-state index in [0.29, 0.717) is 12.5 Å². The molecule has 1 aliphatic rings. The predicted octanol–water partition coefficient (Wildman–Crippen LogP) is 5.93. The van der Waals surface area contributed by atoms with Gasteiger partial charge >= 0.3 is 0 Å². The van der Waals surface area contributed by atoms with E-state index in [0.717, 1.165) is 47.9 Å². The number of thiazole rings is 1. The summed E-state index contributed by atoms with van der Waals surface area (Å²) in [5.41, 5.74) is 4.37. The number of ether oxygens (including phenoxy) is 1. The molecule has 0 aliphatic carbocycles. The van der Waals surface area contributed by atoms with Gasteiger partial charge in [-0.05, 0) is 49.5 Å². The number of aromatic nitrogens is 2. The molecule has 1 saturated heterocycles. The molecule has 5 rings (SSSR count). The number of benzene rings is 2. The summed E-state index contributed by atoms with van der Waals surface area (Å²) >= 11 is 1.62. The molecule has 5 nitrogen and oxygen atoms in total. The van der Waals surface area contributed by atoms with Crippen LogP contribution in [0.2, 0.25) is 0 Å². The minimum absolute atomic E-state index is 0.0531. The largest absolute Gasteiger partial charge is 0.487 e. The van der Waals surface area contributed by atoms with E-state index in [2.05, 4.69) is 40.4 Å². The molecule has 1 N–H and O–H groups in total. The van der Waals surface area contributed by atoms with E-state index < -0.39 is 0 Å². The Morgan fingerprint density at radius 2 is 1.97 bits per heavy atom. The molecular formula is C27H27N3O2S. The highest BCUT2D eigenvalue weighted by Gasteiger charge is 2.24. The molecule has 2 aromatic heterocycles. The number of para-hydroxylation sites is 2. The van der Waals surface area contributed by atoms with Gasteiger partial charge in [-0.15, -0.1) is 11.3 Å². The number of piperidine rings is 1. The Morgan fingerprint density at radius 3 is 2.79 bits per heavy atom. The van der Waals surface area contributed by atoms with Crippen molar-refractivity contribution in [2.75, 3.05) is 13.1 Å². The van der Waals surface area contributed by atoms with Gasteiger partial charge in [0.2, 0.25) is 5.91 Å². The smallest absolute Gasteiger partial charge is 0.246 e. The van der Waals surface area contributed by atoms with E-state index in [1.807, 2.05) is 47.5 Å². The number of nitrogens with one attached hydrogen (secondary N) is 1. The van der Waals surface area contributed by atoms with E-state index >= 15 is 0 Å². The Bertz CT molecular complexity index is 1280. The number of aromatic amines is 1. The van der Waals surface area contributed by atoms with Gasteiger partial charge in [0.25, 0.3) is 0 Å². The van der Waals surface area contributed by atoms with Crippen molar-refractivity contribution in [2.24, 2.45) is 0 Å². The van der Waals surface area contributed by atoms with Gasteiger partial charge in [-0.3, -0.25) is 4.79 Å². The van der Waals surface area contributed by atoms with Crippen molar-refractivity contribution in [2.45, 2.75) is 32.3 Å². The fourth-order valence-electron chi connectivity index (χ4n) is 4.48. The van der Waals surface area contributed by atoms with Crippen molar-refractivity contribution in [3.05, 3.63) is 88.0 Å². The van der Waals surface area contributed by atoms with Gasteiger partial charge in [0.15, 0.2) is 0 Å². The second-order valence-corrected chi connectivity index (χ2v) is 9.47. The zero-order valence-corrected chi connectivity index (χ0v) is 19.5. The first-order chi connectivity index (χ1) is 16.2. The Balaban J connectivity index is 1.20. The quantitative estimate of drug-likeness (QED) is 0.365. The molecule has 0 atom stereocenters. The summed E-state index contributed by atoms with van der Waals surface area (Å²) in [6.07, 6.45) is 7.62. The van der Waals surface area contributed by atoms with Crippen molar-refractivity contribution >= 4 is 34.2 Å². The second-order valence-electron chi connectivity index (χ2n) is 8.41. The number of carbonyl (C=O) groups is 1. The molecule has 1 amide bonds. The van der Waals surface area contributed by atoms with Crippen LogP contribution in [0.3, 0.4) is 0 Å². The van der Waals surface area contributed by atoms with E-state index in [1.54, 1.807) is 17.4 Å². The topological polar surface area (TPSA) is 58.2 Å². The molecule has 1 fully saturated rings. The van der Waals surface area contributed by atoms with Crippen LogP contribution in [0.5, 0.6) is 5.75 Å². The van der Waals surface area contributed by atoms with Crippen molar-refractivity contribution < 1.29 is 9.53 Å². The second kappa shape index (κ2) is 9.63. The number of H-pyrrole nitrogens is 1. The molecule has 0 unspecified atom stereocenters. The molecule has 6 heteroatoms. The maximum absolute atomic E-state index is 12.9. The molecule has 1 aliphatic heterocycles. The molecular weight excluding hydrogens is 430 g/mol. The first-order valence-corrected chi connectivity index (χ1v) is 12.2. The van der Waals surface area contributed by atoms with Crippen LogP contribution in [0.15, 0.2) is 66.2 Å². The number of fused-ring (bicyclic) bond motifs is 1. The molecule has 2 aromatic carbocycles. The highest BCUT2D eigenvalue weighted by Crippen LogP contribution is 2.33. The van der Waals surface area contributed by atoms with Crippen LogP contribution in [0.1, 0.15) is 40.6 Å². The lowest BCUT2D eigenvalue weighted by molar-refractivity contribution is -0.126. The van der Waals surface area contributed by atoms with Gasteiger partial charge in [0.05, 0.1) is 10.7 Å². The van der Waals surface area contributed by atoms with Crippen molar-refractivity contribution in [1.29, 1.82) is 0 Å². The summed E-state index contributed by atoms with van der Waals surface area (Å²) in [5, 5.41) is 4.34. The van der Waals surface area contributed by atoms with Gasteiger partial charge in [-0.25, -0.2) is 4.98 Å². The standard InChI is InChI=1S/C27H27N3O2S/c1-19-29-22(18-33-19)17-32-26-9-5-2-6-21(26)10-11-27(31)30-14-12-20(13-15-30)24-16-28-25-8-4-3-7-23(24)25/h2-11,16,18,20,28H,12-15,17H2,1H3/b11-10+.